The first-order chi connectivity index (χ1) is 8.41. The third-order valence-electron chi connectivity index (χ3n) is 2.93. The van der Waals surface area contributed by atoms with E-state index < -0.39 is 12.1 Å². The number of nitrogens with zero attached hydrogens (tertiary/aromatic N) is 1. The zero-order valence-electron chi connectivity index (χ0n) is 10.5. The molecule has 0 heterocycles. The number of likely N-dealkylation sites (N-methyl/N-ethyl adjacent to an activating group) is 1. The molecule has 0 amide bonds. The molecule has 1 aromatic rings. The van der Waals surface area contributed by atoms with Gasteiger partial charge in [0.15, 0.2) is 0 Å². The van der Waals surface area contributed by atoms with Crippen LogP contribution in [0.5, 0.6) is 0 Å². The van der Waals surface area contributed by atoms with Crippen molar-refractivity contribution in [3.63, 3.8) is 0 Å². The number of aliphatic carboxylic acids is 1. The van der Waals surface area contributed by atoms with E-state index in [2.05, 4.69) is 0 Å². The summed E-state index contributed by atoms with van der Waals surface area (Å²) in [7, 11) is 1.72. The highest BCUT2D eigenvalue weighted by Gasteiger charge is 2.19. The Kier molecular flexibility index (Phi) is 5.25. The van der Waals surface area contributed by atoms with Gasteiger partial charge in [0.05, 0.1) is 12.5 Å². The number of carbonyl (C=O) groups is 1. The molecule has 18 heavy (non-hydrogen) atoms. The second kappa shape index (κ2) is 6.47. The molecule has 100 valence electrons. The van der Waals surface area contributed by atoms with Crippen molar-refractivity contribution in [2.45, 2.75) is 25.5 Å². The van der Waals surface area contributed by atoms with Gasteiger partial charge in [0.2, 0.25) is 0 Å². The highest BCUT2D eigenvalue weighted by molar-refractivity contribution is 5.67. The Bertz CT molecular complexity index is 411. The Hall–Kier alpha value is -1.46. The molecule has 2 unspecified atom stereocenters. The normalized spacial score (nSPS) is 14.5. The maximum Gasteiger partial charge on any atom is 0.306 e. The predicted molar refractivity (Wildman–Crippen MR) is 65.7 cm³/mol. The van der Waals surface area contributed by atoms with Gasteiger partial charge in [-0.25, -0.2) is 4.39 Å². The van der Waals surface area contributed by atoms with Crippen LogP contribution in [0.25, 0.3) is 0 Å². The Morgan fingerprint density at radius 1 is 1.44 bits per heavy atom. The van der Waals surface area contributed by atoms with E-state index in [-0.39, 0.29) is 24.8 Å². The second-order valence-corrected chi connectivity index (χ2v) is 4.39. The van der Waals surface area contributed by atoms with Crippen molar-refractivity contribution in [1.29, 1.82) is 0 Å². The Balaban J connectivity index is 2.64. The number of rotatable bonds is 6. The van der Waals surface area contributed by atoms with Crippen molar-refractivity contribution in [3.8, 4) is 0 Å². The summed E-state index contributed by atoms with van der Waals surface area (Å²) in [5.41, 5.74) is 0.530. The zero-order chi connectivity index (χ0) is 13.7. The van der Waals surface area contributed by atoms with Crippen LogP contribution >= 0.6 is 0 Å². The van der Waals surface area contributed by atoms with Crippen LogP contribution in [-0.4, -0.2) is 40.8 Å². The fraction of sp³-hybridized carbons (Fsp3) is 0.462. The van der Waals surface area contributed by atoms with Gasteiger partial charge in [0, 0.05) is 18.2 Å². The van der Waals surface area contributed by atoms with Crippen LogP contribution in [-0.2, 0) is 4.79 Å². The molecule has 0 bridgehead atoms. The van der Waals surface area contributed by atoms with Gasteiger partial charge >= 0.3 is 5.97 Å². The molecule has 0 radical (unpaired) electrons. The van der Waals surface area contributed by atoms with Gasteiger partial charge < -0.3 is 10.2 Å². The molecule has 1 aromatic carbocycles. The SMILES string of the molecule is CC(c1ccccc1F)N(C)CC(O)CC(=O)O. The fourth-order valence-electron chi connectivity index (χ4n) is 1.81. The minimum absolute atomic E-state index is 0.182. The molecule has 0 aliphatic heterocycles. The monoisotopic (exact) mass is 255 g/mol. The third-order valence-corrected chi connectivity index (χ3v) is 2.93. The Labute approximate surface area is 106 Å². The van der Waals surface area contributed by atoms with Crippen LogP contribution in [0.3, 0.4) is 0 Å². The van der Waals surface area contributed by atoms with Gasteiger partial charge in [-0.1, -0.05) is 18.2 Å². The number of hydrogen-bond acceptors (Lipinski definition) is 3. The molecule has 0 aliphatic rings. The van der Waals surface area contributed by atoms with Crippen molar-refractivity contribution in [2.75, 3.05) is 13.6 Å². The quantitative estimate of drug-likeness (QED) is 0.811. The summed E-state index contributed by atoms with van der Waals surface area (Å²) in [6.07, 6.45) is -1.27. The molecule has 4 nitrogen and oxygen atoms in total. The molecule has 1 rings (SSSR count). The molecule has 5 heteroatoms. The van der Waals surface area contributed by atoms with E-state index in [4.69, 9.17) is 5.11 Å². The van der Waals surface area contributed by atoms with Crippen LogP contribution in [0.4, 0.5) is 4.39 Å². The van der Waals surface area contributed by atoms with Gasteiger partial charge in [-0.2, -0.15) is 0 Å². The number of carboxylic acids is 1. The van der Waals surface area contributed by atoms with Crippen molar-refractivity contribution >= 4 is 5.97 Å². The summed E-state index contributed by atoms with van der Waals surface area (Å²) in [5.74, 6) is -1.35. The van der Waals surface area contributed by atoms with Crippen molar-refractivity contribution in [3.05, 3.63) is 35.6 Å². The number of benzene rings is 1. The summed E-state index contributed by atoms with van der Waals surface area (Å²) in [6.45, 7) is 1.99. The average Bonchev–Trinajstić information content (AvgIpc) is 2.27. The van der Waals surface area contributed by atoms with Crippen molar-refractivity contribution in [2.24, 2.45) is 0 Å². The van der Waals surface area contributed by atoms with E-state index in [9.17, 15) is 14.3 Å². The van der Waals surface area contributed by atoms with Crippen molar-refractivity contribution < 1.29 is 19.4 Å². The zero-order valence-corrected chi connectivity index (χ0v) is 10.5. The van der Waals surface area contributed by atoms with E-state index in [0.29, 0.717) is 5.56 Å². The van der Waals surface area contributed by atoms with Gasteiger partial charge in [-0.15, -0.1) is 0 Å². The van der Waals surface area contributed by atoms with Gasteiger partial charge in [0.1, 0.15) is 5.82 Å². The van der Waals surface area contributed by atoms with Crippen LogP contribution in [0.15, 0.2) is 24.3 Å². The lowest BCUT2D eigenvalue weighted by atomic mass is 10.1. The smallest absolute Gasteiger partial charge is 0.306 e. The largest absolute Gasteiger partial charge is 0.481 e. The van der Waals surface area contributed by atoms with Crippen LogP contribution < -0.4 is 0 Å². The minimum Gasteiger partial charge on any atom is -0.481 e. The fourth-order valence-corrected chi connectivity index (χ4v) is 1.81. The highest BCUT2D eigenvalue weighted by Crippen LogP contribution is 2.21. The predicted octanol–water partition coefficient (Wildman–Crippen LogP) is 1.65. The third kappa shape index (κ3) is 4.09. The molecular weight excluding hydrogens is 237 g/mol. The van der Waals surface area contributed by atoms with E-state index in [1.54, 1.807) is 30.1 Å². The summed E-state index contributed by atoms with van der Waals surface area (Å²) in [5, 5.41) is 18.1. The number of hydrogen-bond donors (Lipinski definition) is 2. The summed E-state index contributed by atoms with van der Waals surface area (Å²) in [4.78, 5) is 12.2. The first kappa shape index (κ1) is 14.6. The summed E-state index contributed by atoms with van der Waals surface area (Å²) < 4.78 is 13.6. The molecule has 2 N–H and O–H groups in total. The lowest BCUT2D eigenvalue weighted by Crippen LogP contribution is -2.33. The molecule has 0 fully saturated rings. The highest BCUT2D eigenvalue weighted by atomic mass is 19.1. The average molecular weight is 255 g/mol. The number of halogens is 1. The molecule has 2 atom stereocenters. The van der Waals surface area contributed by atoms with E-state index in [1.807, 2.05) is 6.92 Å². The Morgan fingerprint density at radius 3 is 2.61 bits per heavy atom. The topological polar surface area (TPSA) is 60.8 Å². The van der Waals surface area contributed by atoms with E-state index in [1.165, 1.54) is 6.07 Å². The molecule has 0 spiro atoms. The van der Waals surface area contributed by atoms with Gasteiger partial charge in [-0.05, 0) is 20.0 Å². The maximum absolute atomic E-state index is 13.6. The first-order valence-corrected chi connectivity index (χ1v) is 5.76. The maximum atomic E-state index is 13.6. The molecule has 0 aromatic heterocycles. The minimum atomic E-state index is -1.05. The number of aliphatic hydroxyl groups is 1. The number of aliphatic hydroxyl groups excluding tert-OH is 1. The van der Waals surface area contributed by atoms with E-state index >= 15 is 0 Å². The lowest BCUT2D eigenvalue weighted by Gasteiger charge is -2.27. The molecule has 0 aliphatic carbocycles. The van der Waals surface area contributed by atoms with Gasteiger partial charge in [0.25, 0.3) is 0 Å². The standard InChI is InChI=1S/C13H18FNO3/c1-9(11-5-3-4-6-12(11)14)15(2)8-10(16)7-13(17)18/h3-6,9-10,16H,7-8H2,1-2H3,(H,17,18). The van der Waals surface area contributed by atoms with Crippen molar-refractivity contribution in [1.82, 2.24) is 4.90 Å². The van der Waals surface area contributed by atoms with Crippen LogP contribution in [0.1, 0.15) is 24.9 Å². The second-order valence-electron chi connectivity index (χ2n) is 4.39. The molecular formula is C13H18FNO3. The van der Waals surface area contributed by atoms with Gasteiger partial charge in [-0.3, -0.25) is 9.69 Å². The van der Waals surface area contributed by atoms with E-state index in [0.717, 1.165) is 0 Å². The summed E-state index contributed by atoms with van der Waals surface area (Å²) >= 11 is 0. The Morgan fingerprint density at radius 2 is 2.06 bits per heavy atom. The number of carboxylic acid groups (broad SMARTS) is 1. The molecule has 0 saturated carbocycles. The molecule has 0 saturated heterocycles. The van der Waals surface area contributed by atoms with Crippen LogP contribution in [0, 0.1) is 5.82 Å². The lowest BCUT2D eigenvalue weighted by molar-refractivity contribution is -0.139. The van der Waals surface area contributed by atoms with Crippen LogP contribution in [0.2, 0.25) is 0 Å². The first-order valence-electron chi connectivity index (χ1n) is 5.76. The summed E-state index contributed by atoms with van der Waals surface area (Å²) in [6, 6.07) is 6.20.